The molecule has 1 N–H and O–H groups in total. The number of benzene rings is 1. The third-order valence-corrected chi connectivity index (χ3v) is 4.93. The van der Waals surface area contributed by atoms with Crippen LogP contribution in [0.5, 0.6) is 0 Å². The van der Waals surface area contributed by atoms with E-state index in [4.69, 9.17) is 0 Å². The van der Waals surface area contributed by atoms with Gasteiger partial charge in [0.2, 0.25) is 5.91 Å². The molecule has 0 aliphatic carbocycles. The number of likely N-dealkylation sites (N-methyl/N-ethyl adjacent to an activating group) is 1. The van der Waals surface area contributed by atoms with Crippen molar-refractivity contribution >= 4 is 5.91 Å². The summed E-state index contributed by atoms with van der Waals surface area (Å²) in [6.07, 6.45) is 6.38. The molecule has 1 aromatic heterocycles. The molecule has 5 nitrogen and oxygen atoms in total. The summed E-state index contributed by atoms with van der Waals surface area (Å²) in [4.78, 5) is 14.8. The van der Waals surface area contributed by atoms with Crippen molar-refractivity contribution in [3.05, 3.63) is 53.6 Å². The molecule has 3 rings (SSSR count). The molecular formula is C19H25FN4O. The van der Waals surface area contributed by atoms with E-state index in [0.29, 0.717) is 5.92 Å². The van der Waals surface area contributed by atoms with Gasteiger partial charge in [-0.2, -0.15) is 5.10 Å². The highest BCUT2D eigenvalue weighted by Gasteiger charge is 2.29. The molecular weight excluding hydrogens is 319 g/mol. The summed E-state index contributed by atoms with van der Waals surface area (Å²) >= 11 is 0. The minimum atomic E-state index is -0.353. The quantitative estimate of drug-likeness (QED) is 0.905. The normalized spacial score (nSPS) is 16.8. The zero-order valence-corrected chi connectivity index (χ0v) is 14.8. The van der Waals surface area contributed by atoms with E-state index >= 15 is 0 Å². The Kier molecular flexibility index (Phi) is 5.48. The monoisotopic (exact) mass is 344 g/mol. The van der Waals surface area contributed by atoms with E-state index in [2.05, 4.69) is 10.4 Å². The Labute approximate surface area is 147 Å². The molecule has 0 saturated carbocycles. The van der Waals surface area contributed by atoms with E-state index < -0.39 is 0 Å². The minimum absolute atomic E-state index is 0.0969. The average Bonchev–Trinajstić information content (AvgIpc) is 3.02. The van der Waals surface area contributed by atoms with E-state index in [-0.39, 0.29) is 17.8 Å². The van der Waals surface area contributed by atoms with Crippen LogP contribution in [0.2, 0.25) is 0 Å². The molecule has 1 atom stereocenters. The van der Waals surface area contributed by atoms with Crippen LogP contribution in [-0.2, 0) is 18.3 Å². The molecule has 25 heavy (non-hydrogen) atoms. The number of nitrogens with zero attached hydrogens (tertiary/aromatic N) is 3. The Balaban J connectivity index is 1.56. The van der Waals surface area contributed by atoms with E-state index in [1.54, 1.807) is 30.1 Å². The standard InChI is InChI=1S/C19H25FN4O/c1-21-18(16-12-22-23(2)13-16)19(25)24-8-6-14(7-9-24)10-15-4-3-5-17(20)11-15/h3-5,11-14,18,21H,6-10H2,1-2H3. The second-order valence-electron chi connectivity index (χ2n) is 6.77. The topological polar surface area (TPSA) is 50.2 Å². The number of carbonyl (C=O) groups excluding carboxylic acids is 1. The van der Waals surface area contributed by atoms with Crippen molar-refractivity contribution in [3.8, 4) is 0 Å². The van der Waals surface area contributed by atoms with Gasteiger partial charge in [-0.05, 0) is 49.9 Å². The average molecular weight is 344 g/mol. The van der Waals surface area contributed by atoms with Crippen LogP contribution in [0, 0.1) is 11.7 Å². The number of aromatic nitrogens is 2. The molecule has 1 amide bonds. The predicted molar refractivity (Wildman–Crippen MR) is 94.4 cm³/mol. The minimum Gasteiger partial charge on any atom is -0.341 e. The third kappa shape index (κ3) is 4.25. The highest BCUT2D eigenvalue weighted by atomic mass is 19.1. The van der Waals surface area contributed by atoms with Crippen LogP contribution in [0.4, 0.5) is 4.39 Å². The van der Waals surface area contributed by atoms with Crippen molar-refractivity contribution in [3.63, 3.8) is 0 Å². The molecule has 1 fully saturated rings. The maximum absolute atomic E-state index is 13.3. The summed E-state index contributed by atoms with van der Waals surface area (Å²) in [5, 5.41) is 7.25. The molecule has 1 unspecified atom stereocenters. The summed E-state index contributed by atoms with van der Waals surface area (Å²) in [5.41, 5.74) is 1.92. The van der Waals surface area contributed by atoms with Crippen molar-refractivity contribution in [2.45, 2.75) is 25.3 Å². The zero-order valence-electron chi connectivity index (χ0n) is 14.8. The lowest BCUT2D eigenvalue weighted by atomic mass is 9.90. The van der Waals surface area contributed by atoms with Gasteiger partial charge in [-0.15, -0.1) is 0 Å². The summed E-state index contributed by atoms with van der Waals surface area (Å²) in [5.74, 6) is 0.412. The van der Waals surface area contributed by atoms with E-state index in [1.165, 1.54) is 6.07 Å². The summed E-state index contributed by atoms with van der Waals surface area (Å²) in [7, 11) is 3.64. The first kappa shape index (κ1) is 17.6. The van der Waals surface area contributed by atoms with Gasteiger partial charge < -0.3 is 10.2 Å². The Hall–Kier alpha value is -2.21. The molecule has 2 aromatic rings. The van der Waals surface area contributed by atoms with Crippen LogP contribution in [0.25, 0.3) is 0 Å². The second-order valence-corrected chi connectivity index (χ2v) is 6.77. The maximum Gasteiger partial charge on any atom is 0.244 e. The van der Waals surface area contributed by atoms with E-state index in [1.807, 2.05) is 24.2 Å². The first-order valence-electron chi connectivity index (χ1n) is 8.76. The van der Waals surface area contributed by atoms with Crippen LogP contribution in [0.15, 0.2) is 36.7 Å². The van der Waals surface area contributed by atoms with E-state index in [0.717, 1.165) is 43.5 Å². The number of piperidine rings is 1. The van der Waals surface area contributed by atoms with Crippen molar-refractivity contribution < 1.29 is 9.18 Å². The molecule has 1 aliphatic rings. The Bertz CT molecular complexity index is 722. The molecule has 1 aliphatic heterocycles. The van der Waals surface area contributed by atoms with E-state index in [9.17, 15) is 9.18 Å². The highest BCUT2D eigenvalue weighted by molar-refractivity contribution is 5.83. The summed E-state index contributed by atoms with van der Waals surface area (Å²) in [6.45, 7) is 1.49. The number of amides is 1. The fraction of sp³-hybridized carbons (Fsp3) is 0.474. The number of rotatable bonds is 5. The van der Waals surface area contributed by atoms with Gasteiger partial charge in [0, 0.05) is 31.9 Å². The SMILES string of the molecule is CNC(C(=O)N1CCC(Cc2cccc(F)c2)CC1)c1cnn(C)c1. The van der Waals surface area contributed by atoms with Gasteiger partial charge in [-0.3, -0.25) is 9.48 Å². The number of hydrogen-bond donors (Lipinski definition) is 1. The summed E-state index contributed by atoms with van der Waals surface area (Å²) in [6, 6.07) is 6.46. The molecule has 0 spiro atoms. The zero-order chi connectivity index (χ0) is 17.8. The van der Waals surface area contributed by atoms with Gasteiger partial charge in [0.1, 0.15) is 11.9 Å². The predicted octanol–water partition coefficient (Wildman–Crippen LogP) is 2.30. The number of aryl methyl sites for hydroxylation is 1. The first-order chi connectivity index (χ1) is 12.1. The van der Waals surface area contributed by atoms with Crippen LogP contribution in [-0.4, -0.2) is 40.7 Å². The number of halogens is 1. The van der Waals surface area contributed by atoms with Crippen molar-refractivity contribution in [2.24, 2.45) is 13.0 Å². The lowest BCUT2D eigenvalue weighted by Crippen LogP contribution is -2.44. The van der Waals surface area contributed by atoms with Crippen LogP contribution in [0.1, 0.15) is 30.0 Å². The van der Waals surface area contributed by atoms with Gasteiger partial charge >= 0.3 is 0 Å². The maximum atomic E-state index is 13.3. The van der Waals surface area contributed by atoms with Gasteiger partial charge in [0.25, 0.3) is 0 Å². The largest absolute Gasteiger partial charge is 0.341 e. The molecule has 1 saturated heterocycles. The smallest absolute Gasteiger partial charge is 0.244 e. The van der Waals surface area contributed by atoms with Crippen LogP contribution < -0.4 is 5.32 Å². The number of hydrogen-bond acceptors (Lipinski definition) is 3. The van der Waals surface area contributed by atoms with Crippen molar-refractivity contribution in [2.75, 3.05) is 20.1 Å². The molecule has 1 aromatic carbocycles. The van der Waals surface area contributed by atoms with Crippen LogP contribution in [0.3, 0.4) is 0 Å². The van der Waals surface area contributed by atoms with Crippen LogP contribution >= 0.6 is 0 Å². The lowest BCUT2D eigenvalue weighted by Gasteiger charge is -2.34. The molecule has 6 heteroatoms. The first-order valence-corrected chi connectivity index (χ1v) is 8.76. The van der Waals surface area contributed by atoms with Gasteiger partial charge in [0.05, 0.1) is 6.20 Å². The molecule has 2 heterocycles. The highest BCUT2D eigenvalue weighted by Crippen LogP contribution is 2.24. The van der Waals surface area contributed by atoms with Crippen molar-refractivity contribution in [1.82, 2.24) is 20.0 Å². The third-order valence-electron chi connectivity index (χ3n) is 4.93. The molecule has 0 bridgehead atoms. The lowest BCUT2D eigenvalue weighted by molar-refractivity contribution is -0.134. The Morgan fingerprint density at radius 1 is 1.40 bits per heavy atom. The fourth-order valence-electron chi connectivity index (χ4n) is 3.56. The van der Waals surface area contributed by atoms with Gasteiger partial charge in [-0.25, -0.2) is 4.39 Å². The molecule has 134 valence electrons. The molecule has 0 radical (unpaired) electrons. The van der Waals surface area contributed by atoms with Gasteiger partial charge in [-0.1, -0.05) is 12.1 Å². The number of carbonyl (C=O) groups is 1. The van der Waals surface area contributed by atoms with Gasteiger partial charge in [0.15, 0.2) is 0 Å². The fourth-order valence-corrected chi connectivity index (χ4v) is 3.56. The Morgan fingerprint density at radius 3 is 2.76 bits per heavy atom. The number of likely N-dealkylation sites (tertiary alicyclic amines) is 1. The van der Waals surface area contributed by atoms with Crippen molar-refractivity contribution in [1.29, 1.82) is 0 Å². The summed E-state index contributed by atoms with van der Waals surface area (Å²) < 4.78 is 15.0. The second kappa shape index (κ2) is 7.78. The number of nitrogens with one attached hydrogen (secondary N) is 1. The Morgan fingerprint density at radius 2 is 2.16 bits per heavy atom.